The summed E-state index contributed by atoms with van der Waals surface area (Å²) in [6.07, 6.45) is 2.83. The Hall–Kier alpha value is -0.360. The molecule has 1 heterocycles. The molecule has 0 radical (unpaired) electrons. The number of nitrogens with two attached hydrogens (primary N) is 1. The first-order chi connectivity index (χ1) is 6.63. The van der Waals surface area contributed by atoms with Gasteiger partial charge in [0, 0.05) is 11.1 Å². The number of nitrogens with zero attached hydrogens (tertiary/aromatic N) is 1. The van der Waals surface area contributed by atoms with Gasteiger partial charge in [-0.05, 0) is 13.3 Å². The van der Waals surface area contributed by atoms with Crippen LogP contribution in [0.15, 0.2) is 6.20 Å². The number of carbonyl (C=O) groups excluding carboxylic acids is 1. The highest BCUT2D eigenvalue weighted by atomic mass is 35.5. The van der Waals surface area contributed by atoms with E-state index in [1.807, 2.05) is 6.20 Å². The molecule has 16 heavy (non-hydrogen) atoms. The van der Waals surface area contributed by atoms with Crippen LogP contribution in [0, 0.1) is 0 Å². The van der Waals surface area contributed by atoms with E-state index in [0.717, 1.165) is 11.4 Å². The second kappa shape index (κ2) is 8.75. The Labute approximate surface area is 112 Å². The molecule has 0 fully saturated rings. The SMILES string of the molecule is CCc1cnc(CNC(=O)[C@@H](C)N)s1.Cl.Cl. The quantitative estimate of drug-likeness (QED) is 0.881. The Morgan fingerprint density at radius 3 is 2.69 bits per heavy atom. The van der Waals surface area contributed by atoms with Crippen molar-refractivity contribution in [3.8, 4) is 0 Å². The number of amides is 1. The highest BCUT2D eigenvalue weighted by Gasteiger charge is 2.07. The zero-order valence-electron chi connectivity index (χ0n) is 9.23. The lowest BCUT2D eigenvalue weighted by atomic mass is 10.3. The summed E-state index contributed by atoms with van der Waals surface area (Å²) < 4.78 is 0. The zero-order valence-corrected chi connectivity index (χ0v) is 11.7. The molecule has 0 aliphatic carbocycles. The highest BCUT2D eigenvalue weighted by molar-refractivity contribution is 7.11. The molecule has 0 spiro atoms. The van der Waals surface area contributed by atoms with Gasteiger partial charge in [-0.15, -0.1) is 36.2 Å². The predicted octanol–water partition coefficient (Wildman–Crippen LogP) is 1.51. The van der Waals surface area contributed by atoms with E-state index >= 15 is 0 Å². The Morgan fingerprint density at radius 2 is 2.25 bits per heavy atom. The van der Waals surface area contributed by atoms with Crippen molar-refractivity contribution < 1.29 is 4.79 Å². The van der Waals surface area contributed by atoms with E-state index in [9.17, 15) is 4.79 Å². The number of aryl methyl sites for hydroxylation is 1. The molecule has 1 amide bonds. The number of hydrogen-bond acceptors (Lipinski definition) is 4. The minimum Gasteiger partial charge on any atom is -0.348 e. The van der Waals surface area contributed by atoms with E-state index in [1.54, 1.807) is 18.3 Å². The summed E-state index contributed by atoms with van der Waals surface area (Å²) in [5, 5.41) is 3.65. The Morgan fingerprint density at radius 1 is 1.62 bits per heavy atom. The molecule has 1 atom stereocenters. The normalized spacial score (nSPS) is 10.9. The summed E-state index contributed by atoms with van der Waals surface area (Å²) in [4.78, 5) is 16.5. The van der Waals surface area contributed by atoms with Crippen molar-refractivity contribution in [1.82, 2.24) is 10.3 Å². The van der Waals surface area contributed by atoms with Crippen LogP contribution in [-0.2, 0) is 17.8 Å². The molecule has 94 valence electrons. The van der Waals surface area contributed by atoms with Gasteiger partial charge in [-0.25, -0.2) is 4.98 Å². The van der Waals surface area contributed by atoms with Gasteiger partial charge in [0.05, 0.1) is 12.6 Å². The van der Waals surface area contributed by atoms with E-state index in [2.05, 4.69) is 17.2 Å². The molecule has 1 aromatic rings. The molecule has 0 aromatic carbocycles. The summed E-state index contributed by atoms with van der Waals surface area (Å²) >= 11 is 1.62. The molecule has 0 saturated carbocycles. The van der Waals surface area contributed by atoms with Crippen LogP contribution in [0.3, 0.4) is 0 Å². The number of rotatable bonds is 4. The first kappa shape index (κ1) is 18.0. The van der Waals surface area contributed by atoms with E-state index in [4.69, 9.17) is 5.73 Å². The molecule has 7 heteroatoms. The van der Waals surface area contributed by atoms with Gasteiger partial charge >= 0.3 is 0 Å². The topological polar surface area (TPSA) is 68.0 Å². The molecular formula is C9H17Cl2N3OS. The highest BCUT2D eigenvalue weighted by Crippen LogP contribution is 2.12. The van der Waals surface area contributed by atoms with Crippen LogP contribution in [0.2, 0.25) is 0 Å². The first-order valence-electron chi connectivity index (χ1n) is 4.60. The lowest BCUT2D eigenvalue weighted by Crippen LogP contribution is -2.37. The average molecular weight is 286 g/mol. The van der Waals surface area contributed by atoms with Crippen molar-refractivity contribution in [2.45, 2.75) is 32.9 Å². The minimum atomic E-state index is -0.458. The molecule has 0 aliphatic heterocycles. The maximum Gasteiger partial charge on any atom is 0.236 e. The van der Waals surface area contributed by atoms with Crippen LogP contribution in [-0.4, -0.2) is 16.9 Å². The fraction of sp³-hybridized carbons (Fsp3) is 0.556. The van der Waals surface area contributed by atoms with Crippen molar-refractivity contribution >= 4 is 42.1 Å². The summed E-state index contributed by atoms with van der Waals surface area (Å²) in [5.74, 6) is -0.141. The molecule has 0 saturated heterocycles. The van der Waals surface area contributed by atoms with Crippen LogP contribution in [0.1, 0.15) is 23.7 Å². The smallest absolute Gasteiger partial charge is 0.236 e. The van der Waals surface area contributed by atoms with Crippen LogP contribution >= 0.6 is 36.2 Å². The van der Waals surface area contributed by atoms with Crippen molar-refractivity contribution in [3.63, 3.8) is 0 Å². The van der Waals surface area contributed by atoms with Crippen molar-refractivity contribution in [2.75, 3.05) is 0 Å². The second-order valence-electron chi connectivity index (χ2n) is 3.08. The van der Waals surface area contributed by atoms with Gasteiger partial charge in [-0.1, -0.05) is 6.92 Å². The third-order valence-electron chi connectivity index (χ3n) is 1.78. The van der Waals surface area contributed by atoms with E-state index in [0.29, 0.717) is 6.54 Å². The monoisotopic (exact) mass is 285 g/mol. The third-order valence-corrected chi connectivity index (χ3v) is 2.92. The lowest BCUT2D eigenvalue weighted by molar-refractivity contribution is -0.122. The van der Waals surface area contributed by atoms with E-state index in [-0.39, 0.29) is 30.7 Å². The Kier molecular flexibility index (Phi) is 9.86. The molecular weight excluding hydrogens is 269 g/mol. The summed E-state index contributed by atoms with van der Waals surface area (Å²) in [6, 6.07) is -0.458. The van der Waals surface area contributed by atoms with Gasteiger partial charge in [0.2, 0.25) is 5.91 Å². The maximum absolute atomic E-state index is 11.1. The number of aromatic nitrogens is 1. The number of thiazole rings is 1. The van der Waals surface area contributed by atoms with E-state index < -0.39 is 6.04 Å². The molecule has 0 aliphatic rings. The molecule has 1 rings (SSSR count). The molecule has 4 nitrogen and oxygen atoms in total. The van der Waals surface area contributed by atoms with Gasteiger partial charge in [0.25, 0.3) is 0 Å². The van der Waals surface area contributed by atoms with Crippen molar-refractivity contribution in [2.24, 2.45) is 5.73 Å². The summed E-state index contributed by atoms with van der Waals surface area (Å²) in [7, 11) is 0. The number of hydrogen-bond donors (Lipinski definition) is 2. The fourth-order valence-electron chi connectivity index (χ4n) is 0.917. The van der Waals surface area contributed by atoms with Crippen LogP contribution < -0.4 is 11.1 Å². The number of carbonyl (C=O) groups is 1. The van der Waals surface area contributed by atoms with Gasteiger partial charge in [-0.3, -0.25) is 4.79 Å². The Balaban J connectivity index is 0. The zero-order chi connectivity index (χ0) is 10.6. The minimum absolute atomic E-state index is 0. The lowest BCUT2D eigenvalue weighted by Gasteiger charge is -2.04. The van der Waals surface area contributed by atoms with Crippen molar-refractivity contribution in [1.29, 1.82) is 0 Å². The molecule has 3 N–H and O–H groups in total. The van der Waals surface area contributed by atoms with Gasteiger partial charge in [0.1, 0.15) is 5.01 Å². The summed E-state index contributed by atoms with van der Waals surface area (Å²) in [6.45, 7) is 4.22. The van der Waals surface area contributed by atoms with Gasteiger partial charge < -0.3 is 11.1 Å². The first-order valence-corrected chi connectivity index (χ1v) is 5.42. The third kappa shape index (κ3) is 5.65. The number of nitrogens with one attached hydrogen (secondary N) is 1. The largest absolute Gasteiger partial charge is 0.348 e. The van der Waals surface area contributed by atoms with Gasteiger partial charge in [0.15, 0.2) is 0 Å². The van der Waals surface area contributed by atoms with Crippen LogP contribution in [0.25, 0.3) is 0 Å². The number of halogens is 2. The maximum atomic E-state index is 11.1. The van der Waals surface area contributed by atoms with Crippen LogP contribution in [0.5, 0.6) is 0 Å². The van der Waals surface area contributed by atoms with Crippen molar-refractivity contribution in [3.05, 3.63) is 16.1 Å². The predicted molar refractivity (Wildman–Crippen MR) is 71.5 cm³/mol. The summed E-state index contributed by atoms with van der Waals surface area (Å²) in [5.41, 5.74) is 5.40. The average Bonchev–Trinajstić information content (AvgIpc) is 2.61. The van der Waals surface area contributed by atoms with E-state index in [1.165, 1.54) is 4.88 Å². The molecule has 1 aromatic heterocycles. The van der Waals surface area contributed by atoms with Crippen LogP contribution in [0.4, 0.5) is 0 Å². The standard InChI is InChI=1S/C9H15N3OS.2ClH/c1-3-7-4-11-8(14-7)5-12-9(13)6(2)10;;/h4,6H,3,5,10H2,1-2H3,(H,12,13);2*1H/t6-;;/m1../s1. The molecule has 0 unspecified atom stereocenters. The molecule has 0 bridgehead atoms. The fourth-order valence-corrected chi connectivity index (χ4v) is 1.72. The second-order valence-corrected chi connectivity index (χ2v) is 4.28. The Bertz CT molecular complexity index is 317. The van der Waals surface area contributed by atoms with Gasteiger partial charge in [-0.2, -0.15) is 0 Å².